The van der Waals surface area contributed by atoms with Gasteiger partial charge in [0.2, 0.25) is 5.91 Å². The van der Waals surface area contributed by atoms with Crippen LogP contribution in [0, 0.1) is 0 Å². The lowest BCUT2D eigenvalue weighted by Crippen LogP contribution is -2.28. The molecular weight excluding hydrogens is 442 g/mol. The molecule has 0 saturated carbocycles. The molecule has 1 N–H and O–H groups in total. The zero-order chi connectivity index (χ0) is 25.4. The van der Waals surface area contributed by atoms with Gasteiger partial charge in [0, 0.05) is 12.5 Å². The van der Waals surface area contributed by atoms with Crippen LogP contribution < -0.4 is 14.8 Å². The molecule has 0 aliphatic heterocycles. The van der Waals surface area contributed by atoms with Crippen molar-refractivity contribution in [2.75, 3.05) is 26.9 Å². The molecule has 0 radical (unpaired) electrons. The normalized spacial score (nSPS) is 10.7. The Hall–Kier alpha value is -2.24. The third-order valence-corrected chi connectivity index (χ3v) is 6.09. The van der Waals surface area contributed by atoms with E-state index in [1.54, 1.807) is 31.4 Å². The van der Waals surface area contributed by atoms with Crippen molar-refractivity contribution in [2.45, 2.75) is 110 Å². The number of hydrogen-bond donors (Lipinski definition) is 1. The number of nitrogens with one attached hydrogen (secondary N) is 1. The smallest absolute Gasteiger partial charge is 0.344 e. The first kappa shape index (κ1) is 30.8. The highest BCUT2D eigenvalue weighted by Gasteiger charge is 2.06. The van der Waals surface area contributed by atoms with E-state index < -0.39 is 5.97 Å². The van der Waals surface area contributed by atoms with Gasteiger partial charge in [-0.1, -0.05) is 103 Å². The third-order valence-electron chi connectivity index (χ3n) is 6.09. The molecule has 0 bridgehead atoms. The van der Waals surface area contributed by atoms with E-state index in [-0.39, 0.29) is 19.1 Å². The fourth-order valence-corrected chi connectivity index (χ4v) is 3.98. The Bertz CT molecular complexity index is 664. The number of amides is 1. The molecule has 0 aliphatic carbocycles. The second kappa shape index (κ2) is 22.2. The maximum absolute atomic E-state index is 11.9. The summed E-state index contributed by atoms with van der Waals surface area (Å²) in [6.45, 7) is 2.55. The fraction of sp³-hybridized carbons (Fsp3) is 0.724. The highest BCUT2D eigenvalue weighted by atomic mass is 16.6. The predicted molar refractivity (Wildman–Crippen MR) is 142 cm³/mol. The number of methoxy groups -OCH3 is 1. The summed E-state index contributed by atoms with van der Waals surface area (Å²) in [6.07, 6.45) is 20.2. The second-order valence-corrected chi connectivity index (χ2v) is 9.24. The lowest BCUT2D eigenvalue weighted by Gasteiger charge is -2.09. The van der Waals surface area contributed by atoms with Crippen molar-refractivity contribution in [3.63, 3.8) is 0 Å². The monoisotopic (exact) mass is 491 g/mol. The maximum atomic E-state index is 11.9. The van der Waals surface area contributed by atoms with Crippen LogP contribution in [-0.4, -0.2) is 38.7 Å². The zero-order valence-electron chi connectivity index (χ0n) is 22.3. The lowest BCUT2D eigenvalue weighted by atomic mass is 10.0. The molecule has 0 spiro atoms. The Labute approximate surface area is 213 Å². The molecule has 35 heavy (non-hydrogen) atoms. The summed E-state index contributed by atoms with van der Waals surface area (Å²) in [5, 5.41) is 2.80. The van der Waals surface area contributed by atoms with E-state index in [1.807, 2.05) is 0 Å². The number of carbonyl (C=O) groups is 2. The summed E-state index contributed by atoms with van der Waals surface area (Å²) in [5.74, 6) is 0.749. The first-order valence-corrected chi connectivity index (χ1v) is 13.8. The van der Waals surface area contributed by atoms with Crippen LogP contribution in [0.25, 0.3) is 0 Å². The lowest BCUT2D eigenvalue weighted by molar-refractivity contribution is -0.146. The van der Waals surface area contributed by atoms with Crippen LogP contribution in [0.5, 0.6) is 11.5 Å². The van der Waals surface area contributed by atoms with E-state index >= 15 is 0 Å². The van der Waals surface area contributed by atoms with E-state index in [0.717, 1.165) is 12.8 Å². The largest absolute Gasteiger partial charge is 0.497 e. The summed E-state index contributed by atoms with van der Waals surface area (Å²) in [5.41, 5.74) is 0. The minimum atomic E-state index is -0.468. The summed E-state index contributed by atoms with van der Waals surface area (Å²) in [6, 6.07) is 7.03. The molecule has 6 heteroatoms. The van der Waals surface area contributed by atoms with Gasteiger partial charge in [-0.25, -0.2) is 4.79 Å². The Morgan fingerprint density at radius 3 is 1.89 bits per heavy atom. The van der Waals surface area contributed by atoms with Crippen LogP contribution in [0.3, 0.4) is 0 Å². The summed E-state index contributed by atoms with van der Waals surface area (Å²) >= 11 is 0. The van der Waals surface area contributed by atoms with Gasteiger partial charge in [0.25, 0.3) is 0 Å². The first-order chi connectivity index (χ1) is 17.2. The minimum Gasteiger partial charge on any atom is -0.497 e. The summed E-state index contributed by atoms with van der Waals surface area (Å²) in [4.78, 5) is 23.7. The van der Waals surface area contributed by atoms with Gasteiger partial charge in [-0.2, -0.15) is 0 Å². The number of esters is 1. The number of benzene rings is 1. The van der Waals surface area contributed by atoms with Crippen LogP contribution in [0.15, 0.2) is 24.3 Å². The Morgan fingerprint density at radius 1 is 0.771 bits per heavy atom. The van der Waals surface area contributed by atoms with Crippen LogP contribution in [-0.2, 0) is 14.3 Å². The van der Waals surface area contributed by atoms with Crippen molar-refractivity contribution >= 4 is 11.9 Å². The van der Waals surface area contributed by atoms with Crippen molar-refractivity contribution in [3.05, 3.63) is 24.3 Å². The van der Waals surface area contributed by atoms with Gasteiger partial charge in [0.1, 0.15) is 18.1 Å². The minimum absolute atomic E-state index is 0.0170. The molecule has 200 valence electrons. The van der Waals surface area contributed by atoms with Gasteiger partial charge < -0.3 is 19.5 Å². The standard InChI is InChI=1S/C29H49NO5/c1-3-4-5-6-7-8-9-10-11-12-13-14-15-16-17-21-28(31)30-22-23-34-29(32)25-35-27-20-18-19-26(24-27)33-2/h18-20,24H,3-17,21-23,25H2,1-2H3,(H,30,31). The van der Waals surface area contributed by atoms with Crippen LogP contribution in [0.2, 0.25) is 0 Å². The van der Waals surface area contributed by atoms with Gasteiger partial charge in [-0.15, -0.1) is 0 Å². The van der Waals surface area contributed by atoms with E-state index in [0.29, 0.717) is 24.5 Å². The number of unbranched alkanes of at least 4 members (excludes halogenated alkanes) is 14. The van der Waals surface area contributed by atoms with Crippen LogP contribution >= 0.6 is 0 Å². The summed E-state index contributed by atoms with van der Waals surface area (Å²) < 4.78 is 15.6. The number of ether oxygens (including phenoxy) is 3. The van der Waals surface area contributed by atoms with Crippen LogP contribution in [0.4, 0.5) is 0 Å². The van der Waals surface area contributed by atoms with Crippen molar-refractivity contribution in [2.24, 2.45) is 0 Å². The second-order valence-electron chi connectivity index (χ2n) is 9.24. The van der Waals surface area contributed by atoms with E-state index in [2.05, 4.69) is 12.2 Å². The first-order valence-electron chi connectivity index (χ1n) is 13.8. The molecular formula is C29H49NO5. The Kier molecular flexibility index (Phi) is 19.6. The molecule has 1 amide bonds. The number of rotatable bonds is 23. The molecule has 0 atom stereocenters. The maximum Gasteiger partial charge on any atom is 0.344 e. The van der Waals surface area contributed by atoms with Crippen molar-refractivity contribution < 1.29 is 23.8 Å². The average Bonchev–Trinajstić information content (AvgIpc) is 2.87. The molecule has 1 aromatic carbocycles. The van der Waals surface area contributed by atoms with Crippen molar-refractivity contribution in [1.82, 2.24) is 5.32 Å². The van der Waals surface area contributed by atoms with E-state index in [4.69, 9.17) is 14.2 Å². The van der Waals surface area contributed by atoms with Gasteiger partial charge in [-0.05, 0) is 18.6 Å². The molecule has 1 aromatic rings. The Balaban J connectivity index is 1.84. The van der Waals surface area contributed by atoms with Gasteiger partial charge >= 0.3 is 5.97 Å². The quantitative estimate of drug-likeness (QED) is 0.132. The topological polar surface area (TPSA) is 73.9 Å². The van der Waals surface area contributed by atoms with Crippen molar-refractivity contribution in [1.29, 1.82) is 0 Å². The van der Waals surface area contributed by atoms with E-state index in [9.17, 15) is 9.59 Å². The van der Waals surface area contributed by atoms with Gasteiger partial charge in [0.15, 0.2) is 6.61 Å². The predicted octanol–water partition coefficient (Wildman–Crippen LogP) is 6.99. The van der Waals surface area contributed by atoms with Gasteiger partial charge in [-0.3, -0.25) is 4.79 Å². The molecule has 1 rings (SSSR count). The van der Waals surface area contributed by atoms with Crippen LogP contribution in [0.1, 0.15) is 110 Å². The number of carbonyl (C=O) groups excluding carboxylic acids is 2. The average molecular weight is 492 g/mol. The SMILES string of the molecule is CCCCCCCCCCCCCCCCCC(=O)NCCOC(=O)COc1cccc(OC)c1. The number of hydrogen-bond acceptors (Lipinski definition) is 5. The van der Waals surface area contributed by atoms with Crippen molar-refractivity contribution in [3.8, 4) is 11.5 Å². The molecule has 0 fully saturated rings. The third kappa shape index (κ3) is 18.7. The highest BCUT2D eigenvalue weighted by molar-refractivity contribution is 5.75. The molecule has 6 nitrogen and oxygen atoms in total. The molecule has 0 saturated heterocycles. The molecule has 0 aromatic heterocycles. The Morgan fingerprint density at radius 2 is 1.31 bits per heavy atom. The summed E-state index contributed by atoms with van der Waals surface area (Å²) in [7, 11) is 1.57. The fourth-order valence-electron chi connectivity index (χ4n) is 3.98. The molecule has 0 unspecified atom stereocenters. The molecule has 0 aliphatic rings. The highest BCUT2D eigenvalue weighted by Crippen LogP contribution is 2.18. The van der Waals surface area contributed by atoms with Gasteiger partial charge in [0.05, 0.1) is 13.7 Å². The molecule has 0 heterocycles. The van der Waals surface area contributed by atoms with E-state index in [1.165, 1.54) is 83.5 Å². The zero-order valence-corrected chi connectivity index (χ0v) is 22.3.